The third-order valence-corrected chi connectivity index (χ3v) is 2.39. The molecule has 0 aliphatic rings. The average molecular weight is 271 g/mol. The van der Waals surface area contributed by atoms with E-state index in [0.717, 1.165) is 0 Å². The average Bonchev–Trinajstić information content (AvgIpc) is 2.17. The number of nitriles is 1. The van der Waals surface area contributed by atoms with Gasteiger partial charge < -0.3 is 5.32 Å². The van der Waals surface area contributed by atoms with Gasteiger partial charge in [-0.2, -0.15) is 5.26 Å². The van der Waals surface area contributed by atoms with Crippen molar-refractivity contribution in [1.82, 2.24) is 5.32 Å². The maximum absolute atomic E-state index is 13.3. The summed E-state index contributed by atoms with van der Waals surface area (Å²) in [7, 11) is 0. The summed E-state index contributed by atoms with van der Waals surface area (Å²) in [4.78, 5) is 11.5. The fourth-order valence-electron chi connectivity index (χ4n) is 1.02. The van der Waals surface area contributed by atoms with Crippen molar-refractivity contribution in [3.63, 3.8) is 0 Å². The molecule has 0 aliphatic heterocycles. The van der Waals surface area contributed by atoms with Crippen LogP contribution >= 0.6 is 15.9 Å². The molecular formula is C10H8BrFN2O. The van der Waals surface area contributed by atoms with Crippen LogP contribution < -0.4 is 5.32 Å². The van der Waals surface area contributed by atoms with Crippen LogP contribution in [-0.2, 0) is 0 Å². The van der Waals surface area contributed by atoms with Crippen LogP contribution in [0, 0.1) is 17.1 Å². The number of rotatable bonds is 2. The zero-order chi connectivity index (χ0) is 11.4. The molecule has 3 nitrogen and oxygen atoms in total. The number of amides is 1. The molecule has 1 amide bonds. The number of nitrogens with zero attached hydrogens (tertiary/aromatic N) is 1. The molecular weight excluding hydrogens is 263 g/mol. The number of hydrogen-bond donors (Lipinski definition) is 1. The third-order valence-electron chi connectivity index (χ3n) is 1.73. The number of carbonyl (C=O) groups excluding carboxylic acids is 1. The summed E-state index contributed by atoms with van der Waals surface area (Å²) < 4.78 is 13.6. The Labute approximate surface area is 95.0 Å². The van der Waals surface area contributed by atoms with Gasteiger partial charge in [0.15, 0.2) is 0 Å². The molecule has 0 bridgehead atoms. The van der Waals surface area contributed by atoms with Crippen LogP contribution in [0.5, 0.6) is 0 Å². The molecule has 1 aromatic carbocycles. The van der Waals surface area contributed by atoms with Gasteiger partial charge in [-0.3, -0.25) is 4.79 Å². The molecule has 1 unspecified atom stereocenters. The fraction of sp³-hybridized carbons (Fsp3) is 0.200. The monoisotopic (exact) mass is 270 g/mol. The lowest BCUT2D eigenvalue weighted by atomic mass is 10.2. The van der Waals surface area contributed by atoms with Gasteiger partial charge in [0.1, 0.15) is 11.9 Å². The topological polar surface area (TPSA) is 52.9 Å². The summed E-state index contributed by atoms with van der Waals surface area (Å²) in [6.45, 7) is 1.52. The maximum atomic E-state index is 13.3. The highest BCUT2D eigenvalue weighted by Crippen LogP contribution is 2.19. The van der Waals surface area contributed by atoms with Gasteiger partial charge in [0, 0.05) is 4.47 Å². The normalized spacial score (nSPS) is 11.6. The summed E-state index contributed by atoms with van der Waals surface area (Å²) in [6, 6.07) is 5.43. The maximum Gasteiger partial charge on any atom is 0.256 e. The van der Waals surface area contributed by atoms with E-state index in [1.54, 1.807) is 6.07 Å². The molecule has 0 saturated carbocycles. The van der Waals surface area contributed by atoms with Crippen molar-refractivity contribution in [3.05, 3.63) is 34.1 Å². The van der Waals surface area contributed by atoms with Crippen LogP contribution in [0.1, 0.15) is 17.3 Å². The first-order chi connectivity index (χ1) is 7.06. The van der Waals surface area contributed by atoms with Gasteiger partial charge in [-0.15, -0.1) is 0 Å². The largest absolute Gasteiger partial charge is 0.336 e. The lowest BCUT2D eigenvalue weighted by Crippen LogP contribution is -2.32. The summed E-state index contributed by atoms with van der Waals surface area (Å²) in [5.74, 6) is -1.22. The molecule has 0 radical (unpaired) electrons. The van der Waals surface area contributed by atoms with Crippen molar-refractivity contribution in [1.29, 1.82) is 5.26 Å². The predicted octanol–water partition coefficient (Wildman–Crippen LogP) is 2.23. The molecule has 1 rings (SSSR count). The summed E-state index contributed by atoms with van der Waals surface area (Å²) in [5, 5.41) is 10.9. The predicted molar refractivity (Wildman–Crippen MR) is 56.6 cm³/mol. The Morgan fingerprint density at radius 3 is 2.87 bits per heavy atom. The zero-order valence-corrected chi connectivity index (χ0v) is 9.51. The van der Waals surface area contributed by atoms with Crippen molar-refractivity contribution < 1.29 is 9.18 Å². The van der Waals surface area contributed by atoms with Crippen molar-refractivity contribution in [2.45, 2.75) is 13.0 Å². The van der Waals surface area contributed by atoms with E-state index < -0.39 is 17.8 Å². The van der Waals surface area contributed by atoms with E-state index in [9.17, 15) is 9.18 Å². The van der Waals surface area contributed by atoms with Gasteiger partial charge in [0.05, 0.1) is 11.6 Å². The number of hydrogen-bond acceptors (Lipinski definition) is 2. The van der Waals surface area contributed by atoms with Gasteiger partial charge in [-0.25, -0.2) is 4.39 Å². The number of carbonyl (C=O) groups is 1. The second kappa shape index (κ2) is 4.89. The molecule has 1 N–H and O–H groups in total. The molecule has 0 aromatic heterocycles. The standard InChI is InChI=1S/C10H8BrFN2O/c1-6(5-13)14-10(15)9-7(11)3-2-4-8(9)12/h2-4,6H,1H3,(H,14,15). The van der Waals surface area contributed by atoms with E-state index in [-0.39, 0.29) is 5.56 Å². The SMILES string of the molecule is CC(C#N)NC(=O)c1c(F)cccc1Br. The first-order valence-electron chi connectivity index (χ1n) is 4.20. The molecule has 0 aliphatic carbocycles. The van der Waals surface area contributed by atoms with Crippen molar-refractivity contribution in [3.8, 4) is 6.07 Å². The summed E-state index contributed by atoms with van der Waals surface area (Å²) >= 11 is 3.08. The fourth-order valence-corrected chi connectivity index (χ4v) is 1.54. The Balaban J connectivity index is 2.97. The first-order valence-corrected chi connectivity index (χ1v) is 5.00. The molecule has 0 spiro atoms. The molecule has 15 heavy (non-hydrogen) atoms. The zero-order valence-electron chi connectivity index (χ0n) is 7.92. The highest BCUT2D eigenvalue weighted by Gasteiger charge is 2.16. The molecule has 1 aromatic rings. The van der Waals surface area contributed by atoms with Crippen LogP contribution in [0.25, 0.3) is 0 Å². The summed E-state index contributed by atoms with van der Waals surface area (Å²) in [5.41, 5.74) is -0.0837. The lowest BCUT2D eigenvalue weighted by molar-refractivity contribution is 0.0943. The van der Waals surface area contributed by atoms with Crippen LogP contribution in [-0.4, -0.2) is 11.9 Å². The lowest BCUT2D eigenvalue weighted by Gasteiger charge is -2.08. The second-order valence-corrected chi connectivity index (χ2v) is 3.78. The highest BCUT2D eigenvalue weighted by molar-refractivity contribution is 9.10. The van der Waals surface area contributed by atoms with E-state index in [1.165, 1.54) is 19.1 Å². The van der Waals surface area contributed by atoms with Gasteiger partial charge >= 0.3 is 0 Å². The first kappa shape index (κ1) is 11.7. The molecule has 0 saturated heterocycles. The minimum atomic E-state index is -0.649. The van der Waals surface area contributed by atoms with Crippen LogP contribution in [0.2, 0.25) is 0 Å². The second-order valence-electron chi connectivity index (χ2n) is 2.92. The highest BCUT2D eigenvalue weighted by atomic mass is 79.9. The molecule has 5 heteroatoms. The van der Waals surface area contributed by atoms with Gasteiger partial charge in [-0.1, -0.05) is 6.07 Å². The Morgan fingerprint density at radius 2 is 2.33 bits per heavy atom. The van der Waals surface area contributed by atoms with Gasteiger partial charge in [-0.05, 0) is 35.0 Å². The van der Waals surface area contributed by atoms with Crippen molar-refractivity contribution in [2.24, 2.45) is 0 Å². The van der Waals surface area contributed by atoms with E-state index in [4.69, 9.17) is 5.26 Å². The van der Waals surface area contributed by atoms with Crippen LogP contribution in [0.15, 0.2) is 22.7 Å². The van der Waals surface area contributed by atoms with Crippen LogP contribution in [0.3, 0.4) is 0 Å². The molecule has 78 valence electrons. The number of benzene rings is 1. The molecule has 0 fully saturated rings. The smallest absolute Gasteiger partial charge is 0.256 e. The Hall–Kier alpha value is -1.41. The van der Waals surface area contributed by atoms with E-state index in [2.05, 4.69) is 21.2 Å². The van der Waals surface area contributed by atoms with Gasteiger partial charge in [0.2, 0.25) is 0 Å². The summed E-state index contributed by atoms with van der Waals surface area (Å²) in [6.07, 6.45) is 0. The molecule has 1 atom stereocenters. The minimum absolute atomic E-state index is 0.0837. The van der Waals surface area contributed by atoms with Gasteiger partial charge in [0.25, 0.3) is 5.91 Å². The quantitative estimate of drug-likeness (QED) is 0.896. The number of halogens is 2. The van der Waals surface area contributed by atoms with E-state index in [1.807, 2.05) is 6.07 Å². The van der Waals surface area contributed by atoms with E-state index in [0.29, 0.717) is 4.47 Å². The van der Waals surface area contributed by atoms with Crippen LogP contribution in [0.4, 0.5) is 4.39 Å². The third kappa shape index (κ3) is 2.77. The van der Waals surface area contributed by atoms with Crippen molar-refractivity contribution in [2.75, 3.05) is 0 Å². The minimum Gasteiger partial charge on any atom is -0.336 e. The number of nitrogens with one attached hydrogen (secondary N) is 1. The Kier molecular flexibility index (Phi) is 3.81. The van der Waals surface area contributed by atoms with Crippen molar-refractivity contribution >= 4 is 21.8 Å². The van der Waals surface area contributed by atoms with E-state index >= 15 is 0 Å². The Morgan fingerprint density at radius 1 is 1.67 bits per heavy atom. The molecule has 0 heterocycles. The Bertz CT molecular complexity index is 408.